The normalized spacial score (nSPS) is 8.24. The maximum atomic E-state index is 11.5. The molecule has 0 saturated heterocycles. The third-order valence-electron chi connectivity index (χ3n) is 1.95. The topological polar surface area (TPSA) is 161 Å². The van der Waals surface area contributed by atoms with E-state index in [1.165, 1.54) is 12.1 Å². The second-order valence-electron chi connectivity index (χ2n) is 3.34. The average molecular weight is 326 g/mol. The predicted octanol–water partition coefficient (Wildman–Crippen LogP) is -5.61. The maximum absolute atomic E-state index is 11.5. The van der Waals surface area contributed by atoms with Crippen molar-refractivity contribution >= 4 is 36.1 Å². The zero-order valence-corrected chi connectivity index (χ0v) is 14.2. The smallest absolute Gasteiger partial charge is 0.548 e. The molecule has 112 valence electrons. The molecule has 0 heterocycles. The van der Waals surface area contributed by atoms with Crippen molar-refractivity contribution < 1.29 is 60.0 Å². The Morgan fingerprint density at radius 2 is 1.81 bits per heavy atom. The molecule has 1 aromatic rings. The first-order valence-electron chi connectivity index (χ1n) is 5.01. The molecule has 0 bridgehead atoms. The van der Waals surface area contributed by atoms with Crippen LogP contribution in [0.15, 0.2) is 24.3 Å². The van der Waals surface area contributed by atoms with Gasteiger partial charge in [0.1, 0.15) is 0 Å². The van der Waals surface area contributed by atoms with Crippen molar-refractivity contribution in [3.63, 3.8) is 0 Å². The third kappa shape index (κ3) is 9.45. The molecule has 1 aromatic carbocycles. The Hall–Kier alpha value is -1.10. The van der Waals surface area contributed by atoms with Crippen LogP contribution in [0.4, 0.5) is 5.69 Å². The number of hydrogen-bond donors (Lipinski definition) is 3. The van der Waals surface area contributed by atoms with Gasteiger partial charge in [-0.3, -0.25) is 9.59 Å². The molecule has 21 heavy (non-hydrogen) atoms. The summed E-state index contributed by atoms with van der Waals surface area (Å²) in [4.78, 5) is 32.8. The SMILES string of the molecule is O.O.O=C([O-])CNC(=O)c1cccc(NC(=O)CS)c1.[Na+]. The van der Waals surface area contributed by atoms with Crippen LogP contribution in [0.1, 0.15) is 10.4 Å². The molecular formula is C11H15N2NaO6S. The van der Waals surface area contributed by atoms with E-state index in [0.29, 0.717) is 5.69 Å². The summed E-state index contributed by atoms with van der Waals surface area (Å²) in [7, 11) is 0. The molecule has 0 aromatic heterocycles. The molecule has 0 spiro atoms. The standard InChI is InChI=1S/C11H12N2O4S.Na.2H2O/c14-9(6-18)13-8-3-1-2-7(4-8)11(17)12-5-10(15)16;;;/h1-4,18H,5-6H2,(H,12,17)(H,13,14)(H,15,16);;2*1H2/q;+1;;/p-1. The summed E-state index contributed by atoms with van der Waals surface area (Å²) in [6.07, 6.45) is 0. The van der Waals surface area contributed by atoms with E-state index in [9.17, 15) is 19.5 Å². The maximum Gasteiger partial charge on any atom is 1.00 e. The van der Waals surface area contributed by atoms with E-state index in [1.54, 1.807) is 12.1 Å². The van der Waals surface area contributed by atoms with Gasteiger partial charge in [0, 0.05) is 11.3 Å². The number of carboxylic acids is 1. The van der Waals surface area contributed by atoms with Crippen LogP contribution in [0.5, 0.6) is 0 Å². The average Bonchev–Trinajstić information content (AvgIpc) is 2.36. The van der Waals surface area contributed by atoms with Gasteiger partial charge in [-0.1, -0.05) is 6.07 Å². The molecule has 10 heteroatoms. The minimum absolute atomic E-state index is 0. The molecule has 0 atom stereocenters. The Balaban J connectivity index is -0.00000108. The second-order valence-corrected chi connectivity index (χ2v) is 3.66. The molecule has 0 aliphatic heterocycles. The summed E-state index contributed by atoms with van der Waals surface area (Å²) in [6.45, 7) is -0.563. The molecule has 0 aliphatic carbocycles. The van der Waals surface area contributed by atoms with Crippen LogP contribution < -0.4 is 45.3 Å². The first-order chi connectivity index (χ1) is 8.52. The van der Waals surface area contributed by atoms with E-state index in [0.717, 1.165) is 0 Å². The predicted molar refractivity (Wildman–Crippen MR) is 73.5 cm³/mol. The van der Waals surface area contributed by atoms with Crippen LogP contribution in [0.3, 0.4) is 0 Å². The summed E-state index contributed by atoms with van der Waals surface area (Å²) in [5.74, 6) is -2.20. The van der Waals surface area contributed by atoms with Crippen LogP contribution in [0, 0.1) is 0 Å². The van der Waals surface area contributed by atoms with Gasteiger partial charge in [-0.05, 0) is 18.2 Å². The summed E-state index contributed by atoms with van der Waals surface area (Å²) in [6, 6.07) is 6.12. The largest absolute Gasteiger partial charge is 1.00 e. The number of hydrogen-bond acceptors (Lipinski definition) is 5. The number of thiol groups is 1. The summed E-state index contributed by atoms with van der Waals surface area (Å²) < 4.78 is 0. The molecule has 8 nitrogen and oxygen atoms in total. The zero-order valence-electron chi connectivity index (χ0n) is 11.3. The van der Waals surface area contributed by atoms with Crippen LogP contribution in [0.2, 0.25) is 0 Å². The minimum Gasteiger partial charge on any atom is -0.548 e. The van der Waals surface area contributed by atoms with Gasteiger partial charge in [-0.15, -0.1) is 0 Å². The van der Waals surface area contributed by atoms with Crippen LogP contribution in [-0.4, -0.2) is 41.0 Å². The van der Waals surface area contributed by atoms with Gasteiger partial charge in [0.2, 0.25) is 5.91 Å². The molecule has 0 aliphatic rings. The number of carbonyl (C=O) groups excluding carboxylic acids is 3. The number of carboxylic acid groups (broad SMARTS) is 1. The minimum atomic E-state index is -1.37. The summed E-state index contributed by atoms with van der Waals surface area (Å²) in [5.41, 5.74) is 0.684. The van der Waals surface area contributed by atoms with Crippen molar-refractivity contribution in [3.8, 4) is 0 Å². The van der Waals surface area contributed by atoms with Crippen molar-refractivity contribution in [2.45, 2.75) is 0 Å². The number of aliphatic carboxylic acids is 1. The second kappa shape index (κ2) is 12.6. The number of rotatable bonds is 5. The van der Waals surface area contributed by atoms with E-state index in [1.807, 2.05) is 0 Å². The fourth-order valence-corrected chi connectivity index (χ4v) is 1.27. The first-order valence-corrected chi connectivity index (χ1v) is 5.65. The van der Waals surface area contributed by atoms with Crippen molar-refractivity contribution in [2.75, 3.05) is 17.6 Å². The molecule has 0 radical (unpaired) electrons. The third-order valence-corrected chi connectivity index (χ3v) is 2.23. The zero-order chi connectivity index (χ0) is 13.5. The monoisotopic (exact) mass is 326 g/mol. The van der Waals surface area contributed by atoms with Crippen molar-refractivity contribution in [3.05, 3.63) is 29.8 Å². The van der Waals surface area contributed by atoms with E-state index < -0.39 is 18.4 Å². The number of nitrogens with one attached hydrogen (secondary N) is 2. The number of anilines is 1. The molecule has 6 N–H and O–H groups in total. The first kappa shape index (κ1) is 24.9. The van der Waals surface area contributed by atoms with E-state index >= 15 is 0 Å². The van der Waals surface area contributed by atoms with Gasteiger partial charge in [-0.25, -0.2) is 0 Å². The summed E-state index contributed by atoms with van der Waals surface area (Å²) in [5, 5.41) is 14.9. The molecule has 0 unspecified atom stereocenters. The Morgan fingerprint density at radius 1 is 1.19 bits per heavy atom. The van der Waals surface area contributed by atoms with Gasteiger partial charge in [-0.2, -0.15) is 12.6 Å². The molecule has 0 saturated carbocycles. The van der Waals surface area contributed by atoms with Crippen molar-refractivity contribution in [1.29, 1.82) is 0 Å². The van der Waals surface area contributed by atoms with E-state index in [-0.39, 0.29) is 57.7 Å². The van der Waals surface area contributed by atoms with E-state index in [2.05, 4.69) is 23.3 Å². The molecule has 0 fully saturated rings. The Kier molecular flexibility index (Phi) is 15.0. The summed E-state index contributed by atoms with van der Waals surface area (Å²) >= 11 is 3.80. The van der Waals surface area contributed by atoms with Crippen molar-refractivity contribution in [2.24, 2.45) is 0 Å². The van der Waals surface area contributed by atoms with Gasteiger partial charge in [0.15, 0.2) is 0 Å². The van der Waals surface area contributed by atoms with Gasteiger partial charge in [0.05, 0.1) is 18.3 Å². The van der Waals surface area contributed by atoms with Crippen LogP contribution in [0.25, 0.3) is 0 Å². The quantitative estimate of drug-likeness (QED) is 0.363. The molecule has 2 amide bonds. The number of amides is 2. The fourth-order valence-electron chi connectivity index (χ4n) is 1.19. The number of benzene rings is 1. The Bertz CT molecular complexity index is 486. The van der Waals surface area contributed by atoms with Gasteiger partial charge in [0.25, 0.3) is 5.91 Å². The Morgan fingerprint density at radius 3 is 2.33 bits per heavy atom. The van der Waals surface area contributed by atoms with Crippen molar-refractivity contribution in [1.82, 2.24) is 5.32 Å². The van der Waals surface area contributed by atoms with E-state index in [4.69, 9.17) is 0 Å². The molecular weight excluding hydrogens is 311 g/mol. The van der Waals surface area contributed by atoms with Crippen LogP contribution >= 0.6 is 12.6 Å². The fraction of sp³-hybridized carbons (Fsp3) is 0.182. The van der Waals surface area contributed by atoms with Gasteiger partial charge >= 0.3 is 29.6 Å². The molecule has 1 rings (SSSR count). The Labute approximate surface area is 148 Å². The van der Waals surface area contributed by atoms with Crippen LogP contribution in [-0.2, 0) is 9.59 Å². The van der Waals surface area contributed by atoms with Gasteiger partial charge < -0.3 is 31.5 Å². The number of carbonyl (C=O) groups is 3.